The van der Waals surface area contributed by atoms with Crippen LogP contribution >= 0.6 is 30.5 Å². The van der Waals surface area contributed by atoms with Crippen LogP contribution in [-0.4, -0.2) is 19.1 Å². The Morgan fingerprint density at radius 2 is 1.90 bits per heavy atom. The molecule has 1 atom stereocenters. The van der Waals surface area contributed by atoms with Crippen LogP contribution in [0.1, 0.15) is 20.8 Å². The lowest BCUT2D eigenvalue weighted by Crippen LogP contribution is -2.25. The van der Waals surface area contributed by atoms with Crippen LogP contribution in [0.15, 0.2) is 24.3 Å². The predicted molar refractivity (Wildman–Crippen MR) is 83.3 cm³/mol. The van der Waals surface area contributed by atoms with Gasteiger partial charge in [0.1, 0.15) is 12.3 Å². The van der Waals surface area contributed by atoms with Crippen molar-refractivity contribution >= 4 is 36.5 Å². The zero-order chi connectivity index (χ0) is 15.2. The average Bonchev–Trinajstić information content (AvgIpc) is 2.36. The predicted octanol–water partition coefficient (Wildman–Crippen LogP) is 4.36. The maximum absolute atomic E-state index is 11.5. The summed E-state index contributed by atoms with van der Waals surface area (Å²) in [5.74, 6) is 0.235. The van der Waals surface area contributed by atoms with Crippen molar-refractivity contribution in [2.75, 3.05) is 13.2 Å². The number of hydrogen-bond donors (Lipinski definition) is 1. The summed E-state index contributed by atoms with van der Waals surface area (Å²) in [6.07, 6.45) is 0. The third kappa shape index (κ3) is 7.91. The van der Waals surface area contributed by atoms with E-state index in [0.29, 0.717) is 17.4 Å². The van der Waals surface area contributed by atoms with Gasteiger partial charge in [-0.15, -0.1) is 0 Å². The Balaban J connectivity index is 2.27. The molecule has 1 rings (SSSR count). The summed E-state index contributed by atoms with van der Waals surface area (Å²) >= 11 is 11.7. The number of halogens is 2. The van der Waals surface area contributed by atoms with Crippen LogP contribution in [0.4, 0.5) is 0 Å². The van der Waals surface area contributed by atoms with E-state index >= 15 is 0 Å². The lowest BCUT2D eigenvalue weighted by Gasteiger charge is -2.18. The first kappa shape index (κ1) is 17.5. The minimum absolute atomic E-state index is 0.0128. The molecule has 0 aliphatic heterocycles. The van der Waals surface area contributed by atoms with Crippen LogP contribution in [0.5, 0.6) is 5.75 Å². The van der Waals surface area contributed by atoms with Crippen LogP contribution in [0.3, 0.4) is 0 Å². The molecule has 20 heavy (non-hydrogen) atoms. The van der Waals surface area contributed by atoms with E-state index in [2.05, 4.69) is 5.09 Å². The molecule has 0 fully saturated rings. The number of ether oxygens (including phenoxy) is 1. The maximum atomic E-state index is 11.5. The highest BCUT2D eigenvalue weighted by atomic mass is 35.7. The van der Waals surface area contributed by atoms with E-state index in [1.54, 1.807) is 24.3 Å². The Bertz CT molecular complexity index is 434. The van der Waals surface area contributed by atoms with E-state index in [9.17, 15) is 4.79 Å². The van der Waals surface area contributed by atoms with Crippen LogP contribution in [-0.2, 0) is 9.53 Å². The van der Waals surface area contributed by atoms with Crippen molar-refractivity contribution in [1.29, 1.82) is 0 Å². The molecule has 7 heteroatoms. The molecule has 112 valence electrons. The quantitative estimate of drug-likeness (QED) is 0.618. The molecule has 1 unspecified atom stereocenters. The number of nitrogens with one attached hydrogen (secondary N) is 1. The summed E-state index contributed by atoms with van der Waals surface area (Å²) in [5, 5.41) is 3.40. The molecule has 4 nitrogen and oxygen atoms in total. The smallest absolute Gasteiger partial charge is 0.320 e. The van der Waals surface area contributed by atoms with E-state index in [-0.39, 0.29) is 17.9 Å². The van der Waals surface area contributed by atoms with E-state index in [0.717, 1.165) is 0 Å². The topological polar surface area (TPSA) is 47.6 Å². The average molecular weight is 338 g/mol. The normalized spacial score (nSPS) is 12.8. The second-order valence-corrected chi connectivity index (χ2v) is 7.69. The Morgan fingerprint density at radius 3 is 2.45 bits per heavy atom. The number of carbonyl (C=O) groups excluding carboxylic acids is 1. The van der Waals surface area contributed by atoms with Gasteiger partial charge in [0.15, 0.2) is 0 Å². The van der Waals surface area contributed by atoms with Crippen molar-refractivity contribution in [3.8, 4) is 5.75 Å². The number of esters is 1. The summed E-state index contributed by atoms with van der Waals surface area (Å²) in [7, 11) is -1.46. The van der Waals surface area contributed by atoms with Gasteiger partial charge in [0.2, 0.25) is 0 Å². The van der Waals surface area contributed by atoms with E-state index in [4.69, 9.17) is 32.1 Å². The lowest BCUT2D eigenvalue weighted by molar-refractivity contribution is -0.144. The number of benzene rings is 1. The van der Waals surface area contributed by atoms with Crippen LogP contribution in [0.2, 0.25) is 5.02 Å². The van der Waals surface area contributed by atoms with Gasteiger partial charge in [-0.1, -0.05) is 32.4 Å². The highest BCUT2D eigenvalue weighted by Crippen LogP contribution is 2.38. The van der Waals surface area contributed by atoms with Gasteiger partial charge in [0.05, 0.1) is 6.61 Å². The van der Waals surface area contributed by atoms with Crippen molar-refractivity contribution in [3.05, 3.63) is 29.3 Å². The van der Waals surface area contributed by atoms with Gasteiger partial charge in [-0.2, -0.15) is 0 Å². The molecule has 0 spiro atoms. The van der Waals surface area contributed by atoms with Crippen LogP contribution < -0.4 is 9.61 Å². The maximum Gasteiger partial charge on any atom is 0.320 e. The fourth-order valence-electron chi connectivity index (χ4n) is 1.10. The van der Waals surface area contributed by atoms with Gasteiger partial charge in [0, 0.05) is 5.02 Å². The number of carbonyl (C=O) groups is 1. The van der Waals surface area contributed by atoms with Crippen molar-refractivity contribution < 1.29 is 14.1 Å². The molecule has 1 N–H and O–H groups in total. The van der Waals surface area contributed by atoms with Crippen molar-refractivity contribution in [1.82, 2.24) is 5.09 Å². The number of rotatable bonds is 6. The highest BCUT2D eigenvalue weighted by Gasteiger charge is 2.15. The molecular formula is C13H18Cl2NO3P. The molecule has 1 aromatic carbocycles. The van der Waals surface area contributed by atoms with Gasteiger partial charge in [0.25, 0.3) is 7.65 Å². The molecule has 0 bridgehead atoms. The Hall–Kier alpha value is -0.540. The van der Waals surface area contributed by atoms with Gasteiger partial charge in [-0.05, 0) is 40.9 Å². The fourth-order valence-corrected chi connectivity index (χ4v) is 2.26. The minimum Gasteiger partial charge on any atom is -0.464 e. The minimum atomic E-state index is -1.46. The molecule has 1 aromatic rings. The molecular weight excluding hydrogens is 320 g/mol. The number of hydrogen-bond acceptors (Lipinski definition) is 4. The Kier molecular flexibility index (Phi) is 7.04. The molecule has 0 radical (unpaired) electrons. The van der Waals surface area contributed by atoms with Gasteiger partial charge < -0.3 is 9.26 Å². The van der Waals surface area contributed by atoms with E-state index < -0.39 is 7.65 Å². The Labute approximate surface area is 130 Å². The van der Waals surface area contributed by atoms with E-state index in [1.165, 1.54) is 0 Å². The summed E-state index contributed by atoms with van der Waals surface area (Å²) in [4.78, 5) is 11.5. The molecule has 0 amide bonds. The standard InChI is InChI=1S/C13H18Cl2NO3P/c1-13(2,3)9-18-12(17)8-16-20(15)19-11-6-4-10(14)5-7-11/h4-7,16H,8-9H2,1-3H3. The molecule has 0 aliphatic carbocycles. The third-order valence-electron chi connectivity index (χ3n) is 2.01. The molecule has 0 saturated carbocycles. The van der Waals surface area contributed by atoms with Crippen LogP contribution in [0.25, 0.3) is 0 Å². The summed E-state index contributed by atoms with van der Waals surface area (Å²) in [6.45, 7) is 6.36. The largest absolute Gasteiger partial charge is 0.464 e. The SMILES string of the molecule is CC(C)(C)COC(=O)CNP(Cl)Oc1ccc(Cl)cc1. The lowest BCUT2D eigenvalue weighted by atomic mass is 9.99. The fraction of sp³-hybridized carbons (Fsp3) is 0.462. The highest BCUT2D eigenvalue weighted by molar-refractivity contribution is 7.78. The van der Waals surface area contributed by atoms with Gasteiger partial charge in [-0.25, -0.2) is 5.09 Å². The molecule has 0 aliphatic rings. The van der Waals surface area contributed by atoms with E-state index in [1.807, 2.05) is 20.8 Å². The van der Waals surface area contributed by atoms with Gasteiger partial charge in [-0.3, -0.25) is 4.79 Å². The van der Waals surface area contributed by atoms with Crippen molar-refractivity contribution in [2.24, 2.45) is 5.41 Å². The summed E-state index contributed by atoms with van der Waals surface area (Å²) < 4.78 is 10.5. The van der Waals surface area contributed by atoms with Crippen molar-refractivity contribution in [2.45, 2.75) is 20.8 Å². The monoisotopic (exact) mass is 337 g/mol. The molecule has 0 saturated heterocycles. The second-order valence-electron chi connectivity index (χ2n) is 5.35. The zero-order valence-corrected chi connectivity index (χ0v) is 14.1. The second kappa shape index (κ2) is 8.04. The molecule has 0 aromatic heterocycles. The third-order valence-corrected chi connectivity index (χ3v) is 3.61. The first-order valence-electron chi connectivity index (χ1n) is 6.05. The van der Waals surface area contributed by atoms with Gasteiger partial charge >= 0.3 is 5.97 Å². The molecule has 0 heterocycles. The summed E-state index contributed by atoms with van der Waals surface area (Å²) in [5.41, 5.74) is -0.0544. The van der Waals surface area contributed by atoms with Crippen molar-refractivity contribution in [3.63, 3.8) is 0 Å². The van der Waals surface area contributed by atoms with Crippen LogP contribution in [0, 0.1) is 5.41 Å². The summed E-state index contributed by atoms with van der Waals surface area (Å²) in [6, 6.07) is 6.82. The first-order chi connectivity index (χ1) is 9.26. The Morgan fingerprint density at radius 1 is 1.30 bits per heavy atom. The zero-order valence-electron chi connectivity index (χ0n) is 11.7. The first-order valence-corrected chi connectivity index (χ1v) is 8.59.